The number of nitrogens with zero attached hydrogens (tertiary/aromatic N) is 2. The molecule has 148 valence electrons. The van der Waals surface area contributed by atoms with Crippen molar-refractivity contribution in [2.45, 2.75) is 65.8 Å². The Morgan fingerprint density at radius 3 is 2.48 bits per heavy atom. The van der Waals surface area contributed by atoms with E-state index in [2.05, 4.69) is 79.7 Å². The molecule has 2 rings (SSSR count). The minimum Gasteiger partial charge on any atom is -0.371 e. The summed E-state index contributed by atoms with van der Waals surface area (Å²) >= 11 is 0. The van der Waals surface area contributed by atoms with E-state index in [1.807, 2.05) is 6.07 Å². The summed E-state index contributed by atoms with van der Waals surface area (Å²) < 4.78 is 11.2. The number of aromatic nitrogens is 1. The molecule has 0 amide bonds. The van der Waals surface area contributed by atoms with Gasteiger partial charge >= 0.3 is 0 Å². The van der Waals surface area contributed by atoms with Crippen LogP contribution in [0.1, 0.15) is 63.1 Å². The third-order valence-electron chi connectivity index (χ3n) is 3.95. The zero-order valence-electron chi connectivity index (χ0n) is 17.3. The molecular weight excluding hydrogens is 340 g/mol. The molecule has 0 aliphatic heterocycles. The van der Waals surface area contributed by atoms with Crippen LogP contribution in [0.4, 0.5) is 0 Å². The molecule has 6 nitrogen and oxygen atoms in total. The van der Waals surface area contributed by atoms with Gasteiger partial charge < -0.3 is 19.9 Å². The van der Waals surface area contributed by atoms with E-state index >= 15 is 0 Å². The van der Waals surface area contributed by atoms with Crippen molar-refractivity contribution >= 4 is 5.96 Å². The standard InChI is InChI=1S/C21H32N4O2/c1-15(2)19-11-18(27-25-19)13-24-20(22-6)23-12-16-8-7-9-17(10-16)14-26-21(3,4)5/h7-11,15H,12-14H2,1-6H3,(H2,22,23,24). The third-order valence-corrected chi connectivity index (χ3v) is 3.95. The van der Waals surface area contributed by atoms with Crippen LogP contribution in [0.5, 0.6) is 0 Å². The summed E-state index contributed by atoms with van der Waals surface area (Å²) in [6.07, 6.45) is 0. The highest BCUT2D eigenvalue weighted by Crippen LogP contribution is 2.14. The van der Waals surface area contributed by atoms with E-state index in [-0.39, 0.29) is 5.60 Å². The van der Waals surface area contributed by atoms with E-state index in [9.17, 15) is 0 Å². The minimum absolute atomic E-state index is 0.143. The second kappa shape index (κ2) is 9.55. The lowest BCUT2D eigenvalue weighted by molar-refractivity contribution is -0.0149. The van der Waals surface area contributed by atoms with E-state index in [4.69, 9.17) is 9.26 Å². The average molecular weight is 373 g/mol. The molecule has 27 heavy (non-hydrogen) atoms. The van der Waals surface area contributed by atoms with E-state index in [1.165, 1.54) is 5.56 Å². The van der Waals surface area contributed by atoms with Crippen molar-refractivity contribution in [2.24, 2.45) is 4.99 Å². The molecule has 0 unspecified atom stereocenters. The number of guanidine groups is 1. The molecular formula is C21H32N4O2. The van der Waals surface area contributed by atoms with Gasteiger partial charge in [-0.1, -0.05) is 43.3 Å². The number of hydrogen-bond donors (Lipinski definition) is 2. The first kappa shape index (κ1) is 21.0. The molecule has 0 aliphatic carbocycles. The maximum atomic E-state index is 5.85. The predicted molar refractivity (Wildman–Crippen MR) is 109 cm³/mol. The number of hydrogen-bond acceptors (Lipinski definition) is 4. The Bertz CT molecular complexity index is 745. The zero-order valence-corrected chi connectivity index (χ0v) is 17.3. The Kier molecular flexibility index (Phi) is 7.42. The average Bonchev–Trinajstić information content (AvgIpc) is 3.09. The van der Waals surface area contributed by atoms with Crippen LogP contribution in [0.25, 0.3) is 0 Å². The molecule has 2 N–H and O–H groups in total. The Balaban J connectivity index is 1.84. The monoisotopic (exact) mass is 372 g/mol. The highest BCUT2D eigenvalue weighted by Gasteiger charge is 2.10. The lowest BCUT2D eigenvalue weighted by Crippen LogP contribution is -2.36. The fourth-order valence-electron chi connectivity index (χ4n) is 2.39. The maximum Gasteiger partial charge on any atom is 0.191 e. The summed E-state index contributed by atoms with van der Waals surface area (Å²) in [4.78, 5) is 4.26. The molecule has 0 fully saturated rings. The molecule has 1 aromatic carbocycles. The van der Waals surface area contributed by atoms with E-state index in [0.717, 1.165) is 17.0 Å². The summed E-state index contributed by atoms with van der Waals surface area (Å²) in [6, 6.07) is 10.3. The normalized spacial score (nSPS) is 12.5. The Morgan fingerprint density at radius 2 is 1.85 bits per heavy atom. The van der Waals surface area contributed by atoms with Crippen molar-refractivity contribution < 1.29 is 9.26 Å². The van der Waals surface area contributed by atoms with Crippen LogP contribution in [0.2, 0.25) is 0 Å². The van der Waals surface area contributed by atoms with Gasteiger partial charge in [-0.25, -0.2) is 0 Å². The Hall–Kier alpha value is -2.34. The van der Waals surface area contributed by atoms with E-state index < -0.39 is 0 Å². The largest absolute Gasteiger partial charge is 0.371 e. The van der Waals surface area contributed by atoms with Crippen molar-refractivity contribution in [3.05, 3.63) is 52.9 Å². The van der Waals surface area contributed by atoms with Gasteiger partial charge in [-0.15, -0.1) is 0 Å². The van der Waals surface area contributed by atoms with Crippen LogP contribution in [-0.4, -0.2) is 23.8 Å². The lowest BCUT2D eigenvalue weighted by Gasteiger charge is -2.19. The third kappa shape index (κ3) is 7.43. The summed E-state index contributed by atoms with van der Waals surface area (Å²) in [5, 5.41) is 10.6. The Labute approximate surface area is 162 Å². The van der Waals surface area contributed by atoms with Crippen molar-refractivity contribution in [2.75, 3.05) is 7.05 Å². The van der Waals surface area contributed by atoms with Crippen molar-refractivity contribution in [3.63, 3.8) is 0 Å². The van der Waals surface area contributed by atoms with Crippen molar-refractivity contribution in [1.29, 1.82) is 0 Å². The smallest absolute Gasteiger partial charge is 0.191 e. The van der Waals surface area contributed by atoms with Crippen LogP contribution < -0.4 is 10.6 Å². The predicted octanol–water partition coefficient (Wildman–Crippen LogP) is 3.98. The quantitative estimate of drug-likeness (QED) is 0.568. The molecule has 0 saturated heterocycles. The highest BCUT2D eigenvalue weighted by atomic mass is 16.5. The first-order chi connectivity index (χ1) is 12.8. The molecule has 1 aromatic heterocycles. The SMILES string of the molecule is CN=C(NCc1cccc(COC(C)(C)C)c1)NCc1cc(C(C)C)no1. The van der Waals surface area contributed by atoms with Gasteiger partial charge in [-0.05, 0) is 37.8 Å². The number of ether oxygens (including phenoxy) is 1. The van der Waals surface area contributed by atoms with Gasteiger partial charge in [0.1, 0.15) is 0 Å². The van der Waals surface area contributed by atoms with E-state index in [1.54, 1.807) is 7.05 Å². The van der Waals surface area contributed by atoms with Gasteiger partial charge in [-0.2, -0.15) is 0 Å². The maximum absolute atomic E-state index is 5.85. The summed E-state index contributed by atoms with van der Waals surface area (Å²) in [5.41, 5.74) is 3.16. The van der Waals surface area contributed by atoms with Crippen molar-refractivity contribution in [3.8, 4) is 0 Å². The molecule has 2 aromatic rings. The van der Waals surface area contributed by atoms with Crippen molar-refractivity contribution in [1.82, 2.24) is 15.8 Å². The topological polar surface area (TPSA) is 71.7 Å². The molecule has 0 bridgehead atoms. The molecule has 0 radical (unpaired) electrons. The molecule has 0 spiro atoms. The second-order valence-electron chi connectivity index (χ2n) is 7.87. The zero-order chi connectivity index (χ0) is 19.9. The number of aliphatic imine (C=N–C) groups is 1. The van der Waals surface area contributed by atoms with Crippen LogP contribution in [0.3, 0.4) is 0 Å². The fraction of sp³-hybridized carbons (Fsp3) is 0.524. The number of rotatable bonds is 7. The molecule has 0 aliphatic rings. The van der Waals surface area contributed by atoms with Crippen LogP contribution in [0.15, 0.2) is 39.8 Å². The number of benzene rings is 1. The van der Waals surface area contributed by atoms with Gasteiger partial charge in [0.15, 0.2) is 11.7 Å². The first-order valence-corrected chi connectivity index (χ1v) is 9.38. The minimum atomic E-state index is -0.143. The van der Waals surface area contributed by atoms with Crippen LogP contribution in [-0.2, 0) is 24.4 Å². The van der Waals surface area contributed by atoms with Crippen LogP contribution >= 0.6 is 0 Å². The molecule has 6 heteroatoms. The number of nitrogens with one attached hydrogen (secondary N) is 2. The fourth-order valence-corrected chi connectivity index (χ4v) is 2.39. The molecule has 1 heterocycles. The van der Waals surface area contributed by atoms with Gasteiger partial charge in [0, 0.05) is 19.7 Å². The summed E-state index contributed by atoms with van der Waals surface area (Å²) in [6.45, 7) is 12.2. The highest BCUT2D eigenvalue weighted by molar-refractivity contribution is 5.79. The second-order valence-corrected chi connectivity index (χ2v) is 7.87. The molecule has 0 atom stereocenters. The molecule has 0 saturated carbocycles. The summed E-state index contributed by atoms with van der Waals surface area (Å²) in [5.74, 6) is 1.87. The first-order valence-electron chi connectivity index (χ1n) is 9.38. The Morgan fingerprint density at radius 1 is 1.15 bits per heavy atom. The van der Waals surface area contributed by atoms with Gasteiger partial charge in [0.2, 0.25) is 0 Å². The van der Waals surface area contributed by atoms with Gasteiger partial charge in [0.05, 0.1) is 24.4 Å². The van der Waals surface area contributed by atoms with Gasteiger partial charge in [0.25, 0.3) is 0 Å². The summed E-state index contributed by atoms with van der Waals surface area (Å²) in [7, 11) is 1.75. The van der Waals surface area contributed by atoms with E-state index in [0.29, 0.717) is 31.6 Å². The van der Waals surface area contributed by atoms with Crippen LogP contribution in [0, 0.1) is 0 Å². The van der Waals surface area contributed by atoms with Gasteiger partial charge in [-0.3, -0.25) is 4.99 Å². The lowest BCUT2D eigenvalue weighted by atomic mass is 10.1.